The lowest BCUT2D eigenvalue weighted by Gasteiger charge is -2.16. The predicted octanol–water partition coefficient (Wildman–Crippen LogP) is 3.53. The number of hydrogen-bond donors (Lipinski definition) is 1. The van der Waals surface area contributed by atoms with E-state index in [2.05, 4.69) is 17.1 Å². The van der Waals surface area contributed by atoms with Crippen LogP contribution in [0.3, 0.4) is 0 Å². The van der Waals surface area contributed by atoms with Gasteiger partial charge in [0, 0.05) is 36.1 Å². The molecule has 4 rings (SSSR count). The molecule has 130 valence electrons. The third kappa shape index (κ3) is 3.34. The second-order valence-electron chi connectivity index (χ2n) is 6.68. The molecule has 0 aliphatic carbocycles. The molecule has 0 saturated carbocycles. The average Bonchev–Trinajstić information content (AvgIpc) is 3.28. The normalized spacial score (nSPS) is 18.8. The fourth-order valence-corrected chi connectivity index (χ4v) is 5.23. The van der Waals surface area contributed by atoms with E-state index in [1.165, 1.54) is 10.9 Å². The maximum Gasteiger partial charge on any atom is 0.214 e. The first-order valence-electron chi connectivity index (χ1n) is 8.71. The van der Waals surface area contributed by atoms with E-state index in [1.807, 2.05) is 48.7 Å². The minimum atomic E-state index is -3.21. The highest BCUT2D eigenvalue weighted by Gasteiger charge is 2.32. The number of fused-ring (bicyclic) bond motifs is 1. The Kier molecular flexibility index (Phi) is 4.36. The summed E-state index contributed by atoms with van der Waals surface area (Å²) in [5.41, 5.74) is 3.41. The molecule has 0 bridgehead atoms. The Bertz CT molecular complexity index is 964. The Morgan fingerprint density at radius 1 is 1.04 bits per heavy atom. The highest BCUT2D eigenvalue weighted by Crippen LogP contribution is 2.33. The van der Waals surface area contributed by atoms with Crippen LogP contribution in [0.4, 0.5) is 0 Å². The van der Waals surface area contributed by atoms with E-state index in [-0.39, 0.29) is 11.7 Å². The fourth-order valence-electron chi connectivity index (χ4n) is 3.69. The Hall–Kier alpha value is -2.11. The molecule has 0 radical (unpaired) electrons. The smallest absolute Gasteiger partial charge is 0.214 e. The van der Waals surface area contributed by atoms with Crippen molar-refractivity contribution in [3.05, 3.63) is 71.9 Å². The first-order valence-corrected chi connectivity index (χ1v) is 10.3. The number of benzene rings is 2. The molecule has 1 unspecified atom stereocenters. The van der Waals surface area contributed by atoms with E-state index in [1.54, 1.807) is 4.31 Å². The third-order valence-electron chi connectivity index (χ3n) is 5.10. The highest BCUT2D eigenvalue weighted by molar-refractivity contribution is 7.89. The van der Waals surface area contributed by atoms with Crippen LogP contribution in [-0.4, -0.2) is 36.5 Å². The molecule has 1 atom stereocenters. The van der Waals surface area contributed by atoms with Crippen molar-refractivity contribution < 1.29 is 8.42 Å². The van der Waals surface area contributed by atoms with Crippen LogP contribution in [0, 0.1) is 0 Å². The zero-order chi connectivity index (χ0) is 17.3. The van der Waals surface area contributed by atoms with Gasteiger partial charge in [-0.3, -0.25) is 0 Å². The summed E-state index contributed by atoms with van der Waals surface area (Å²) in [4.78, 5) is 3.30. The molecule has 1 fully saturated rings. The van der Waals surface area contributed by atoms with Crippen molar-refractivity contribution in [1.82, 2.24) is 9.29 Å². The quantitative estimate of drug-likeness (QED) is 0.762. The van der Waals surface area contributed by atoms with Crippen molar-refractivity contribution in [2.75, 3.05) is 18.8 Å². The molecule has 5 heteroatoms. The van der Waals surface area contributed by atoms with Gasteiger partial charge >= 0.3 is 0 Å². The van der Waals surface area contributed by atoms with E-state index in [9.17, 15) is 8.42 Å². The van der Waals surface area contributed by atoms with Crippen LogP contribution < -0.4 is 0 Å². The highest BCUT2D eigenvalue weighted by atomic mass is 32.2. The van der Waals surface area contributed by atoms with Gasteiger partial charge in [0.05, 0.1) is 5.75 Å². The summed E-state index contributed by atoms with van der Waals surface area (Å²) in [5, 5.41) is 1.20. The number of nitrogens with one attached hydrogen (secondary N) is 1. The van der Waals surface area contributed by atoms with Crippen LogP contribution in [0.2, 0.25) is 0 Å². The van der Waals surface area contributed by atoms with Gasteiger partial charge in [0.25, 0.3) is 0 Å². The van der Waals surface area contributed by atoms with Gasteiger partial charge in [-0.1, -0.05) is 48.5 Å². The number of aromatic amines is 1. The van der Waals surface area contributed by atoms with Gasteiger partial charge in [-0.2, -0.15) is 0 Å². The number of rotatable bonds is 5. The molecular formula is C20H22N2O2S. The number of H-pyrrole nitrogens is 1. The molecule has 3 aromatic rings. The SMILES string of the molecule is O=S(=O)(CCc1ccccc1)N1CCC(c2c[nH]c3ccccc23)C1. The lowest BCUT2D eigenvalue weighted by atomic mass is 9.98. The summed E-state index contributed by atoms with van der Waals surface area (Å²) in [7, 11) is -3.21. The zero-order valence-corrected chi connectivity index (χ0v) is 14.9. The van der Waals surface area contributed by atoms with Crippen molar-refractivity contribution in [1.29, 1.82) is 0 Å². The number of aromatic nitrogens is 1. The number of aryl methyl sites for hydroxylation is 1. The Morgan fingerprint density at radius 2 is 1.80 bits per heavy atom. The van der Waals surface area contributed by atoms with Crippen molar-refractivity contribution in [3.63, 3.8) is 0 Å². The third-order valence-corrected chi connectivity index (χ3v) is 6.94. The van der Waals surface area contributed by atoms with Gasteiger partial charge in [0.1, 0.15) is 0 Å². The average molecular weight is 354 g/mol. The largest absolute Gasteiger partial charge is 0.361 e. The summed E-state index contributed by atoms with van der Waals surface area (Å²) in [6, 6.07) is 18.0. The van der Waals surface area contributed by atoms with Crippen LogP contribution in [-0.2, 0) is 16.4 Å². The topological polar surface area (TPSA) is 53.2 Å². The second-order valence-corrected chi connectivity index (χ2v) is 8.77. The lowest BCUT2D eigenvalue weighted by molar-refractivity contribution is 0.472. The maximum absolute atomic E-state index is 12.7. The number of hydrogen-bond acceptors (Lipinski definition) is 2. The van der Waals surface area contributed by atoms with E-state index in [0.717, 1.165) is 17.5 Å². The lowest BCUT2D eigenvalue weighted by Crippen LogP contribution is -2.31. The van der Waals surface area contributed by atoms with Gasteiger partial charge in [-0.15, -0.1) is 0 Å². The van der Waals surface area contributed by atoms with Crippen LogP contribution in [0.15, 0.2) is 60.8 Å². The van der Waals surface area contributed by atoms with Crippen LogP contribution >= 0.6 is 0 Å². The van der Waals surface area contributed by atoms with Crippen molar-refractivity contribution in [3.8, 4) is 0 Å². The molecule has 2 heterocycles. The van der Waals surface area contributed by atoms with Crippen molar-refractivity contribution >= 4 is 20.9 Å². The van der Waals surface area contributed by atoms with Gasteiger partial charge in [-0.05, 0) is 30.0 Å². The summed E-state index contributed by atoms with van der Waals surface area (Å²) >= 11 is 0. The minimum absolute atomic E-state index is 0.178. The zero-order valence-electron chi connectivity index (χ0n) is 14.1. The summed E-state index contributed by atoms with van der Waals surface area (Å²) in [6.45, 7) is 1.19. The number of nitrogens with zero attached hydrogens (tertiary/aromatic N) is 1. The van der Waals surface area contributed by atoms with Crippen molar-refractivity contribution in [2.24, 2.45) is 0 Å². The first kappa shape index (κ1) is 16.4. The predicted molar refractivity (Wildman–Crippen MR) is 101 cm³/mol. The maximum atomic E-state index is 12.7. The van der Waals surface area contributed by atoms with Crippen LogP contribution in [0.25, 0.3) is 10.9 Å². The molecule has 2 aromatic carbocycles. The number of sulfonamides is 1. The van der Waals surface area contributed by atoms with Gasteiger partial charge in [-0.25, -0.2) is 12.7 Å². The van der Waals surface area contributed by atoms with Crippen molar-refractivity contribution in [2.45, 2.75) is 18.8 Å². The Balaban J connectivity index is 1.46. The molecule has 1 saturated heterocycles. The van der Waals surface area contributed by atoms with Crippen LogP contribution in [0.1, 0.15) is 23.5 Å². The second kappa shape index (κ2) is 6.65. The molecule has 4 nitrogen and oxygen atoms in total. The van der Waals surface area contributed by atoms with Crippen LogP contribution in [0.5, 0.6) is 0 Å². The molecular weight excluding hydrogens is 332 g/mol. The standard InChI is InChI=1S/C20H22N2O2S/c23-25(24,13-11-16-6-2-1-3-7-16)22-12-10-17(15-22)19-14-21-20-9-5-4-8-18(19)20/h1-9,14,17,21H,10-13,15H2. The molecule has 1 aromatic heterocycles. The van der Waals surface area contributed by atoms with Gasteiger partial charge in [0.2, 0.25) is 10.0 Å². The van der Waals surface area contributed by atoms with E-state index in [0.29, 0.717) is 19.5 Å². The molecule has 0 amide bonds. The first-order chi connectivity index (χ1) is 12.1. The fraction of sp³-hybridized carbons (Fsp3) is 0.300. The number of para-hydroxylation sites is 1. The molecule has 0 spiro atoms. The molecule has 1 aliphatic rings. The Morgan fingerprint density at radius 3 is 2.64 bits per heavy atom. The molecule has 25 heavy (non-hydrogen) atoms. The Labute approximate surface area is 148 Å². The summed E-state index contributed by atoms with van der Waals surface area (Å²) in [6.07, 6.45) is 3.49. The van der Waals surface area contributed by atoms with E-state index < -0.39 is 10.0 Å². The summed E-state index contributed by atoms with van der Waals surface area (Å²) < 4.78 is 27.1. The van der Waals surface area contributed by atoms with E-state index >= 15 is 0 Å². The van der Waals surface area contributed by atoms with E-state index in [4.69, 9.17) is 0 Å². The molecule has 1 aliphatic heterocycles. The van der Waals surface area contributed by atoms with Gasteiger partial charge in [0.15, 0.2) is 0 Å². The minimum Gasteiger partial charge on any atom is -0.361 e. The monoisotopic (exact) mass is 354 g/mol. The summed E-state index contributed by atoms with van der Waals surface area (Å²) in [5.74, 6) is 0.445. The molecule has 1 N–H and O–H groups in total. The van der Waals surface area contributed by atoms with Gasteiger partial charge < -0.3 is 4.98 Å².